The number of nitrogens with zero attached hydrogens (tertiary/aromatic N) is 1. The van der Waals surface area contributed by atoms with Crippen molar-refractivity contribution in [1.82, 2.24) is 4.90 Å². The van der Waals surface area contributed by atoms with Crippen LogP contribution in [-0.4, -0.2) is 25.3 Å². The average Bonchev–Trinajstić information content (AvgIpc) is 2.78. The summed E-state index contributed by atoms with van der Waals surface area (Å²) in [7, 11) is 4.00. The van der Waals surface area contributed by atoms with Crippen LogP contribution in [0.1, 0.15) is 21.8 Å². The minimum absolute atomic E-state index is 0.157. The molecule has 2 nitrogen and oxygen atoms in total. The van der Waals surface area contributed by atoms with Gasteiger partial charge in [-0.05, 0) is 29.8 Å². The molecule has 0 saturated carbocycles. The molecule has 0 fully saturated rings. The number of likely N-dealkylation sites (N-methyl/N-ethyl adjacent to an activating group) is 1. The van der Waals surface area contributed by atoms with Crippen molar-refractivity contribution in [2.75, 3.05) is 14.1 Å². The molecule has 0 spiro atoms. The van der Waals surface area contributed by atoms with Gasteiger partial charge in [-0.15, -0.1) is 0 Å². The summed E-state index contributed by atoms with van der Waals surface area (Å²) < 4.78 is 0. The van der Waals surface area contributed by atoms with Gasteiger partial charge < -0.3 is 4.90 Å². The fourth-order valence-electron chi connectivity index (χ4n) is 1.94. The summed E-state index contributed by atoms with van der Waals surface area (Å²) in [6.07, 6.45) is 7.15. The van der Waals surface area contributed by atoms with Crippen molar-refractivity contribution in [2.45, 2.75) is 5.92 Å². The van der Waals surface area contributed by atoms with E-state index in [1.54, 1.807) is 6.07 Å². The Kier molecular flexibility index (Phi) is 3.34. The molecule has 0 saturated heterocycles. The van der Waals surface area contributed by atoms with E-state index in [0.717, 1.165) is 17.5 Å². The maximum Gasteiger partial charge on any atom is 0.150 e. The number of hydrogen-bond acceptors (Lipinski definition) is 2. The second kappa shape index (κ2) is 4.76. The first kappa shape index (κ1) is 11.9. The van der Waals surface area contributed by atoms with Gasteiger partial charge in [0.2, 0.25) is 0 Å². The maximum absolute atomic E-state index is 11.0. The van der Waals surface area contributed by atoms with E-state index in [-0.39, 0.29) is 5.92 Å². The normalized spacial score (nSPS) is 18.1. The molecule has 1 aliphatic carbocycles. The second-order valence-corrected chi connectivity index (χ2v) is 4.70. The Morgan fingerprint density at radius 2 is 2.12 bits per heavy atom. The van der Waals surface area contributed by atoms with Crippen LogP contribution in [0, 0.1) is 0 Å². The third-order valence-electron chi connectivity index (χ3n) is 2.88. The molecule has 1 aromatic carbocycles. The zero-order valence-corrected chi connectivity index (χ0v) is 10.6. The molecule has 0 radical (unpaired) electrons. The molecule has 0 heterocycles. The highest BCUT2D eigenvalue weighted by Gasteiger charge is 2.16. The fraction of sp³-hybridized carbons (Fsp3) is 0.214. The average molecular weight is 248 g/mol. The van der Waals surface area contributed by atoms with Gasteiger partial charge in [-0.1, -0.05) is 23.7 Å². The highest BCUT2D eigenvalue weighted by atomic mass is 35.5. The van der Waals surface area contributed by atoms with Gasteiger partial charge >= 0.3 is 0 Å². The standard InChI is InChI=1S/C14H14ClNO/c1-16(2)13-5-3-10(8-13)14-6-4-12(15)7-11(14)9-17/h3-10H,1-2H3. The molecule has 0 aromatic heterocycles. The number of aldehydes is 1. The van der Waals surface area contributed by atoms with Gasteiger partial charge in [0.15, 0.2) is 0 Å². The number of allylic oxidation sites excluding steroid dienone is 3. The first-order chi connectivity index (χ1) is 8.11. The van der Waals surface area contributed by atoms with Crippen molar-refractivity contribution in [1.29, 1.82) is 0 Å². The van der Waals surface area contributed by atoms with Crippen LogP contribution in [0.5, 0.6) is 0 Å². The third-order valence-corrected chi connectivity index (χ3v) is 3.11. The summed E-state index contributed by atoms with van der Waals surface area (Å²) in [5.74, 6) is 0.157. The lowest BCUT2D eigenvalue weighted by Gasteiger charge is -2.12. The monoisotopic (exact) mass is 247 g/mol. The molecule has 1 atom stereocenters. The van der Waals surface area contributed by atoms with E-state index in [2.05, 4.69) is 18.2 Å². The smallest absolute Gasteiger partial charge is 0.150 e. The van der Waals surface area contributed by atoms with Gasteiger partial charge in [0.1, 0.15) is 6.29 Å². The largest absolute Gasteiger partial charge is 0.378 e. The van der Waals surface area contributed by atoms with Crippen LogP contribution in [0.4, 0.5) is 0 Å². The molecule has 0 amide bonds. The highest BCUT2D eigenvalue weighted by Crippen LogP contribution is 2.30. The number of carbonyl (C=O) groups is 1. The molecule has 3 heteroatoms. The Bertz CT molecular complexity index is 503. The van der Waals surface area contributed by atoms with Crippen molar-refractivity contribution >= 4 is 17.9 Å². The molecule has 0 aliphatic heterocycles. The minimum atomic E-state index is 0.157. The first-order valence-corrected chi connectivity index (χ1v) is 5.81. The minimum Gasteiger partial charge on any atom is -0.378 e. The zero-order valence-electron chi connectivity index (χ0n) is 9.85. The molecule has 1 aromatic rings. The second-order valence-electron chi connectivity index (χ2n) is 4.26. The van der Waals surface area contributed by atoms with Crippen LogP contribution < -0.4 is 0 Å². The summed E-state index contributed by atoms with van der Waals surface area (Å²) in [6.45, 7) is 0. The predicted octanol–water partition coefficient (Wildman–Crippen LogP) is 3.25. The zero-order chi connectivity index (χ0) is 12.4. The summed E-state index contributed by atoms with van der Waals surface area (Å²) in [5, 5.41) is 0.592. The molecular weight excluding hydrogens is 234 g/mol. The quantitative estimate of drug-likeness (QED) is 0.765. The molecule has 1 aliphatic rings. The van der Waals surface area contributed by atoms with E-state index in [9.17, 15) is 4.79 Å². The molecule has 17 heavy (non-hydrogen) atoms. The van der Waals surface area contributed by atoms with Crippen molar-refractivity contribution in [2.24, 2.45) is 0 Å². The van der Waals surface area contributed by atoms with E-state index in [1.807, 2.05) is 31.1 Å². The summed E-state index contributed by atoms with van der Waals surface area (Å²) in [5.41, 5.74) is 2.81. The Hall–Kier alpha value is -1.54. The van der Waals surface area contributed by atoms with Gasteiger partial charge in [-0.25, -0.2) is 0 Å². The molecule has 1 unspecified atom stereocenters. The number of carbonyl (C=O) groups excluding carboxylic acids is 1. The van der Waals surface area contributed by atoms with Gasteiger partial charge in [0.25, 0.3) is 0 Å². The number of benzene rings is 1. The van der Waals surface area contributed by atoms with Crippen LogP contribution >= 0.6 is 11.6 Å². The summed E-state index contributed by atoms with van der Waals surface area (Å²) in [4.78, 5) is 13.1. The van der Waals surface area contributed by atoms with Crippen LogP contribution in [0.2, 0.25) is 5.02 Å². The van der Waals surface area contributed by atoms with Gasteiger partial charge in [-0.2, -0.15) is 0 Å². The topological polar surface area (TPSA) is 20.3 Å². The maximum atomic E-state index is 11.0. The lowest BCUT2D eigenvalue weighted by molar-refractivity contribution is 0.112. The highest BCUT2D eigenvalue weighted by molar-refractivity contribution is 6.30. The van der Waals surface area contributed by atoms with Gasteiger partial charge in [0.05, 0.1) is 0 Å². The molecule has 2 rings (SSSR count). The third kappa shape index (κ3) is 2.42. The lowest BCUT2D eigenvalue weighted by Crippen LogP contribution is -2.07. The van der Waals surface area contributed by atoms with Crippen LogP contribution in [0.25, 0.3) is 0 Å². The summed E-state index contributed by atoms with van der Waals surface area (Å²) in [6, 6.07) is 5.44. The lowest BCUT2D eigenvalue weighted by atomic mass is 9.96. The Labute approximate surface area is 106 Å². The first-order valence-electron chi connectivity index (χ1n) is 5.44. The van der Waals surface area contributed by atoms with E-state index in [0.29, 0.717) is 10.6 Å². The fourth-order valence-corrected chi connectivity index (χ4v) is 2.12. The van der Waals surface area contributed by atoms with E-state index in [1.165, 1.54) is 0 Å². The van der Waals surface area contributed by atoms with Crippen LogP contribution in [0.15, 0.2) is 42.1 Å². The molecule has 0 N–H and O–H groups in total. The summed E-state index contributed by atoms with van der Waals surface area (Å²) >= 11 is 5.88. The van der Waals surface area contributed by atoms with Gasteiger partial charge in [-0.3, -0.25) is 4.79 Å². The number of halogens is 1. The van der Waals surface area contributed by atoms with Crippen molar-refractivity contribution in [3.05, 3.63) is 58.3 Å². The Balaban J connectivity index is 2.37. The van der Waals surface area contributed by atoms with E-state index in [4.69, 9.17) is 11.6 Å². The molecular formula is C14H14ClNO. The Morgan fingerprint density at radius 3 is 2.71 bits per heavy atom. The van der Waals surface area contributed by atoms with Crippen LogP contribution in [0.3, 0.4) is 0 Å². The van der Waals surface area contributed by atoms with E-state index < -0.39 is 0 Å². The Morgan fingerprint density at radius 1 is 1.35 bits per heavy atom. The SMILES string of the molecule is CN(C)C1=CC(c2ccc(Cl)cc2C=O)C=C1. The van der Waals surface area contributed by atoms with Crippen molar-refractivity contribution < 1.29 is 4.79 Å². The van der Waals surface area contributed by atoms with Crippen molar-refractivity contribution in [3.63, 3.8) is 0 Å². The predicted molar refractivity (Wildman–Crippen MR) is 70.5 cm³/mol. The number of hydrogen-bond donors (Lipinski definition) is 0. The number of rotatable bonds is 3. The molecule has 88 valence electrons. The van der Waals surface area contributed by atoms with Crippen molar-refractivity contribution in [3.8, 4) is 0 Å². The van der Waals surface area contributed by atoms with Crippen LogP contribution in [-0.2, 0) is 0 Å². The molecule has 0 bridgehead atoms. The van der Waals surface area contributed by atoms with Gasteiger partial charge in [0, 0.05) is 36.3 Å². The van der Waals surface area contributed by atoms with E-state index >= 15 is 0 Å².